The maximum absolute atomic E-state index is 12.6. The average molecular weight is 468 g/mol. The molecule has 0 spiro atoms. The predicted octanol–water partition coefficient (Wildman–Crippen LogP) is 1.92. The highest BCUT2D eigenvalue weighted by molar-refractivity contribution is 7.90. The number of thiol groups is 1. The van der Waals surface area contributed by atoms with Crippen molar-refractivity contribution in [2.24, 2.45) is 0 Å². The molecule has 2 aromatic carbocycles. The van der Waals surface area contributed by atoms with E-state index in [4.69, 9.17) is 9.84 Å². The van der Waals surface area contributed by atoms with E-state index in [1.54, 1.807) is 6.07 Å². The van der Waals surface area contributed by atoms with Crippen molar-refractivity contribution in [3.05, 3.63) is 48.0 Å². The van der Waals surface area contributed by atoms with E-state index in [2.05, 4.69) is 12.8 Å². The second-order valence-electron chi connectivity index (χ2n) is 7.38. The largest absolute Gasteiger partial charge is 0.481 e. The van der Waals surface area contributed by atoms with E-state index >= 15 is 0 Å². The van der Waals surface area contributed by atoms with Gasteiger partial charge in [-0.25, -0.2) is 12.7 Å². The zero-order valence-electron chi connectivity index (χ0n) is 17.2. The number of rotatable bonds is 11. The molecule has 0 fully saturated rings. The van der Waals surface area contributed by atoms with Crippen molar-refractivity contribution in [2.75, 3.05) is 18.6 Å². The molecule has 10 heteroatoms. The monoisotopic (exact) mass is 467 g/mol. The second kappa shape index (κ2) is 10.7. The number of carbonyl (C=O) groups excluding carboxylic acids is 2. The van der Waals surface area contributed by atoms with Crippen molar-refractivity contribution < 1.29 is 32.6 Å². The van der Waals surface area contributed by atoms with Gasteiger partial charge in [-0.1, -0.05) is 55.3 Å². The lowest BCUT2D eigenvalue weighted by Gasteiger charge is -2.29. The van der Waals surface area contributed by atoms with Crippen LogP contribution in [0, 0.1) is 0 Å². The van der Waals surface area contributed by atoms with Gasteiger partial charge in [0.1, 0.15) is 9.84 Å². The molecule has 2 atom stereocenters. The zero-order valence-corrected chi connectivity index (χ0v) is 18.9. The van der Waals surface area contributed by atoms with Gasteiger partial charge in [0.2, 0.25) is 0 Å². The van der Waals surface area contributed by atoms with Crippen LogP contribution in [0.25, 0.3) is 10.8 Å². The van der Waals surface area contributed by atoms with Gasteiger partial charge in [-0.3, -0.25) is 14.4 Å². The molecule has 1 N–H and O–H groups in total. The molecule has 0 saturated carbocycles. The minimum Gasteiger partial charge on any atom is -0.481 e. The Balaban J connectivity index is 2.04. The van der Waals surface area contributed by atoms with E-state index in [-0.39, 0.29) is 12.2 Å². The van der Waals surface area contributed by atoms with Crippen LogP contribution in [0.2, 0.25) is 0 Å². The Morgan fingerprint density at radius 3 is 2.42 bits per heavy atom. The smallest absolute Gasteiger partial charge is 0.310 e. The van der Waals surface area contributed by atoms with Crippen molar-refractivity contribution >= 4 is 51.1 Å². The number of fused-ring (bicyclic) bond motifs is 1. The molecule has 0 aliphatic heterocycles. The summed E-state index contributed by atoms with van der Waals surface area (Å²) in [4.78, 5) is 36.1. The number of hydrogen-bond acceptors (Lipinski definition) is 8. The SMILES string of the molecule is CC(CS(C)(=O)=O)N(S)C(CC(=O)O)C(=O)COC(=O)Cc1cccc2ccccc12. The van der Waals surface area contributed by atoms with E-state index < -0.39 is 52.7 Å². The van der Waals surface area contributed by atoms with Gasteiger partial charge in [-0.2, -0.15) is 0 Å². The molecule has 2 rings (SSSR count). The minimum atomic E-state index is -3.37. The van der Waals surface area contributed by atoms with Crippen LogP contribution in [0.15, 0.2) is 42.5 Å². The Morgan fingerprint density at radius 1 is 1.13 bits per heavy atom. The van der Waals surface area contributed by atoms with E-state index in [0.29, 0.717) is 0 Å². The Hall–Kier alpha value is -2.43. The molecular weight excluding hydrogens is 442 g/mol. The van der Waals surface area contributed by atoms with Crippen LogP contribution in [-0.2, 0) is 35.4 Å². The molecule has 0 aromatic heterocycles. The highest BCUT2D eigenvalue weighted by atomic mass is 32.2. The van der Waals surface area contributed by atoms with Crippen molar-refractivity contribution in [2.45, 2.75) is 31.8 Å². The second-order valence-corrected chi connectivity index (χ2v) is 10.0. The molecule has 0 aliphatic carbocycles. The quantitative estimate of drug-likeness (QED) is 0.380. The Kier molecular flexibility index (Phi) is 8.60. The first kappa shape index (κ1) is 24.8. The number of sulfone groups is 1. The van der Waals surface area contributed by atoms with Gasteiger partial charge in [0.05, 0.1) is 24.6 Å². The highest BCUT2D eigenvalue weighted by Crippen LogP contribution is 2.19. The third-order valence-electron chi connectivity index (χ3n) is 4.64. The number of nitrogens with zero attached hydrogens (tertiary/aromatic N) is 1. The lowest BCUT2D eigenvalue weighted by Crippen LogP contribution is -2.45. The zero-order chi connectivity index (χ0) is 23.2. The standard InChI is InChI=1S/C21H25NO7S2/c1-14(13-31(2,27)28)22(30)18(11-20(24)25)19(23)12-29-21(26)10-16-8-5-7-15-6-3-4-9-17(15)16/h3-9,14,18,30H,10-13H2,1-2H3,(H,24,25). The van der Waals surface area contributed by atoms with Gasteiger partial charge < -0.3 is 9.84 Å². The molecule has 2 aromatic rings. The number of aliphatic carboxylic acids is 1. The van der Waals surface area contributed by atoms with Crippen molar-refractivity contribution in [3.8, 4) is 0 Å². The van der Waals surface area contributed by atoms with Crippen LogP contribution in [0.3, 0.4) is 0 Å². The van der Waals surface area contributed by atoms with Crippen LogP contribution >= 0.6 is 12.8 Å². The van der Waals surface area contributed by atoms with Gasteiger partial charge in [0.25, 0.3) is 0 Å². The number of Topliss-reactive ketones (excluding diaryl/α,β-unsaturated/α-hetero) is 1. The predicted molar refractivity (Wildman–Crippen MR) is 120 cm³/mol. The first-order chi connectivity index (χ1) is 14.5. The fourth-order valence-electron chi connectivity index (χ4n) is 3.24. The summed E-state index contributed by atoms with van der Waals surface area (Å²) >= 11 is 4.16. The topological polar surface area (TPSA) is 118 Å². The summed E-state index contributed by atoms with van der Waals surface area (Å²) in [7, 11) is -3.37. The molecular formula is C21H25NO7S2. The number of ketones is 1. The number of ether oxygens (including phenoxy) is 1. The molecule has 0 amide bonds. The molecule has 2 unspecified atom stereocenters. The van der Waals surface area contributed by atoms with Crippen LogP contribution in [0.5, 0.6) is 0 Å². The maximum Gasteiger partial charge on any atom is 0.310 e. The number of esters is 1. The van der Waals surface area contributed by atoms with E-state index in [1.807, 2.05) is 36.4 Å². The van der Waals surface area contributed by atoms with E-state index in [0.717, 1.165) is 26.9 Å². The lowest BCUT2D eigenvalue weighted by atomic mass is 10.0. The molecule has 168 valence electrons. The molecule has 31 heavy (non-hydrogen) atoms. The Morgan fingerprint density at radius 2 is 1.77 bits per heavy atom. The third kappa shape index (κ3) is 7.64. The first-order valence-corrected chi connectivity index (χ1v) is 12.0. The summed E-state index contributed by atoms with van der Waals surface area (Å²) in [5.41, 5.74) is 0.746. The van der Waals surface area contributed by atoms with Gasteiger partial charge in [-0.15, -0.1) is 0 Å². The minimum absolute atomic E-state index is 0.0483. The van der Waals surface area contributed by atoms with Crippen LogP contribution < -0.4 is 0 Å². The summed E-state index contributed by atoms with van der Waals surface area (Å²) < 4.78 is 29.2. The third-order valence-corrected chi connectivity index (χ3v) is 6.41. The van der Waals surface area contributed by atoms with Gasteiger partial charge in [-0.05, 0) is 23.3 Å². The lowest BCUT2D eigenvalue weighted by molar-refractivity contribution is -0.149. The summed E-state index contributed by atoms with van der Waals surface area (Å²) in [6, 6.07) is 11.1. The van der Waals surface area contributed by atoms with Gasteiger partial charge >= 0.3 is 11.9 Å². The summed E-state index contributed by atoms with van der Waals surface area (Å²) in [6.07, 6.45) is 0.388. The normalized spacial score (nSPS) is 13.7. The first-order valence-electron chi connectivity index (χ1n) is 9.49. The van der Waals surface area contributed by atoms with Gasteiger partial charge in [0, 0.05) is 12.3 Å². The van der Waals surface area contributed by atoms with Crippen molar-refractivity contribution in [1.82, 2.24) is 4.31 Å². The molecule has 8 nitrogen and oxygen atoms in total. The molecule has 0 radical (unpaired) electrons. The van der Waals surface area contributed by atoms with Crippen LogP contribution in [0.4, 0.5) is 0 Å². The van der Waals surface area contributed by atoms with Crippen LogP contribution in [-0.4, -0.2) is 66.3 Å². The Bertz CT molecular complexity index is 1060. The van der Waals surface area contributed by atoms with Gasteiger partial charge in [0.15, 0.2) is 12.4 Å². The average Bonchev–Trinajstić information content (AvgIpc) is 2.68. The fraction of sp³-hybridized carbons (Fsp3) is 0.381. The number of hydrogen-bond donors (Lipinski definition) is 2. The van der Waals surface area contributed by atoms with E-state index in [1.165, 1.54) is 6.92 Å². The molecule has 0 aliphatic rings. The summed E-state index contributed by atoms with van der Waals surface area (Å²) in [5.74, 6) is -2.87. The maximum atomic E-state index is 12.6. The van der Waals surface area contributed by atoms with Crippen molar-refractivity contribution in [3.63, 3.8) is 0 Å². The molecule has 0 bridgehead atoms. The number of carbonyl (C=O) groups is 3. The molecule has 0 heterocycles. The number of benzene rings is 2. The van der Waals surface area contributed by atoms with Crippen molar-refractivity contribution in [1.29, 1.82) is 0 Å². The van der Waals surface area contributed by atoms with Crippen LogP contribution in [0.1, 0.15) is 18.9 Å². The summed E-state index contributed by atoms with van der Waals surface area (Å²) in [5, 5.41) is 11.0. The Labute approximate surface area is 186 Å². The number of carboxylic acids is 1. The highest BCUT2D eigenvalue weighted by Gasteiger charge is 2.31. The molecule has 0 saturated heterocycles. The summed E-state index contributed by atoms with van der Waals surface area (Å²) in [6.45, 7) is 0.882. The fourth-order valence-corrected chi connectivity index (χ4v) is 4.68. The number of carboxylic acid groups (broad SMARTS) is 1. The van der Waals surface area contributed by atoms with E-state index in [9.17, 15) is 22.8 Å².